The molecule has 0 N–H and O–H groups in total. The molecule has 1 aromatic rings. The summed E-state index contributed by atoms with van der Waals surface area (Å²) in [6.07, 6.45) is 0. The van der Waals surface area contributed by atoms with Crippen LogP contribution in [0.2, 0.25) is 0 Å². The van der Waals surface area contributed by atoms with Crippen molar-refractivity contribution in [3.05, 3.63) is 42.6 Å². The molecule has 0 aliphatic heterocycles. The molecule has 0 saturated carbocycles. The molecule has 0 heterocycles. The second kappa shape index (κ2) is 8.32. The number of hydrogen-bond acceptors (Lipinski definition) is 0. The summed E-state index contributed by atoms with van der Waals surface area (Å²) in [4.78, 5) is 0. The summed E-state index contributed by atoms with van der Waals surface area (Å²) in [5, 5.41) is 0. The SMILES string of the molecule is Cl.[CH2-]c1ccccc1F.[Cl][Zn+]. The van der Waals surface area contributed by atoms with E-state index in [-0.39, 0.29) is 18.2 Å². The minimum absolute atomic E-state index is 0. The van der Waals surface area contributed by atoms with Crippen molar-refractivity contribution in [1.29, 1.82) is 0 Å². The van der Waals surface area contributed by atoms with Crippen LogP contribution in [0.4, 0.5) is 4.39 Å². The van der Waals surface area contributed by atoms with Crippen LogP contribution in [-0.4, -0.2) is 0 Å². The van der Waals surface area contributed by atoms with Gasteiger partial charge in [-0.25, -0.2) is 0 Å². The Kier molecular flexibility index (Phi) is 10.4. The molecule has 4 heteroatoms. The van der Waals surface area contributed by atoms with Gasteiger partial charge in [-0.1, -0.05) is 12.1 Å². The number of benzene rings is 1. The molecule has 0 aliphatic rings. The Morgan fingerprint density at radius 3 is 2.00 bits per heavy atom. The average molecular weight is 246 g/mol. The van der Waals surface area contributed by atoms with Crippen molar-refractivity contribution >= 4 is 22.1 Å². The van der Waals surface area contributed by atoms with Crippen LogP contribution in [0.3, 0.4) is 0 Å². The van der Waals surface area contributed by atoms with Crippen molar-refractivity contribution in [1.82, 2.24) is 0 Å². The second-order valence-corrected chi connectivity index (χ2v) is 1.59. The van der Waals surface area contributed by atoms with E-state index < -0.39 is 0 Å². The zero-order valence-electron chi connectivity index (χ0n) is 5.89. The predicted octanol–water partition coefficient (Wildman–Crippen LogP) is 3.12. The summed E-state index contributed by atoms with van der Waals surface area (Å²) in [5.74, 6) is -0.243. The van der Waals surface area contributed by atoms with E-state index in [1.807, 2.05) is 0 Å². The molecule has 0 amide bonds. The Hall–Kier alpha value is 0.223. The van der Waals surface area contributed by atoms with Gasteiger partial charge in [0.1, 0.15) is 0 Å². The molecule has 0 radical (unpaired) electrons. The fraction of sp³-hybridized carbons (Fsp3) is 0. The van der Waals surface area contributed by atoms with Crippen LogP contribution in [0.5, 0.6) is 0 Å². The third-order valence-electron chi connectivity index (χ3n) is 0.958. The van der Waals surface area contributed by atoms with Crippen LogP contribution >= 0.6 is 22.1 Å². The van der Waals surface area contributed by atoms with Gasteiger partial charge in [-0.2, -0.15) is 18.6 Å². The Morgan fingerprint density at radius 2 is 1.73 bits per heavy atom. The summed E-state index contributed by atoms with van der Waals surface area (Å²) in [6.45, 7) is 3.45. The molecule has 0 nitrogen and oxygen atoms in total. The van der Waals surface area contributed by atoms with Crippen LogP contribution in [0.25, 0.3) is 0 Å². The number of halogens is 3. The Bertz CT molecular complexity index is 173. The zero-order chi connectivity index (χ0) is 7.98. The molecule has 58 valence electrons. The van der Waals surface area contributed by atoms with Gasteiger partial charge in [0, 0.05) is 5.82 Å². The summed E-state index contributed by atoms with van der Waals surface area (Å²) in [7, 11) is 4.76. The topological polar surface area (TPSA) is 0 Å². The Labute approximate surface area is 86.3 Å². The molecule has 0 fully saturated rings. The van der Waals surface area contributed by atoms with Gasteiger partial charge in [-0.05, 0) is 0 Å². The summed E-state index contributed by atoms with van der Waals surface area (Å²) < 4.78 is 12.3. The summed E-state index contributed by atoms with van der Waals surface area (Å²) >= 11 is 0.847. The van der Waals surface area contributed by atoms with Crippen LogP contribution < -0.4 is 0 Å². The molecular formula is C7H7Cl2FZn. The van der Waals surface area contributed by atoms with Crippen LogP contribution in [0.15, 0.2) is 24.3 Å². The van der Waals surface area contributed by atoms with Gasteiger partial charge >= 0.3 is 27.0 Å². The van der Waals surface area contributed by atoms with Crippen molar-refractivity contribution in [2.75, 3.05) is 0 Å². The molecule has 0 aromatic heterocycles. The van der Waals surface area contributed by atoms with Crippen molar-refractivity contribution in [2.24, 2.45) is 0 Å². The molecule has 0 saturated heterocycles. The van der Waals surface area contributed by atoms with Gasteiger partial charge < -0.3 is 0 Å². The van der Waals surface area contributed by atoms with Crippen molar-refractivity contribution in [3.8, 4) is 0 Å². The first-order valence-electron chi connectivity index (χ1n) is 2.64. The number of rotatable bonds is 0. The van der Waals surface area contributed by atoms with E-state index in [0.29, 0.717) is 5.56 Å². The normalized spacial score (nSPS) is 7.27. The first-order valence-corrected chi connectivity index (χ1v) is 6.54. The second-order valence-electron chi connectivity index (χ2n) is 1.59. The van der Waals surface area contributed by atoms with E-state index >= 15 is 0 Å². The average Bonchev–Trinajstić information content (AvgIpc) is 2.00. The van der Waals surface area contributed by atoms with Crippen molar-refractivity contribution < 1.29 is 21.7 Å². The van der Waals surface area contributed by atoms with Crippen molar-refractivity contribution in [2.45, 2.75) is 0 Å². The molecule has 1 rings (SSSR count). The van der Waals surface area contributed by atoms with Gasteiger partial charge in [0.15, 0.2) is 0 Å². The monoisotopic (exact) mass is 244 g/mol. The Morgan fingerprint density at radius 1 is 1.27 bits per heavy atom. The van der Waals surface area contributed by atoms with E-state index in [1.54, 1.807) is 18.2 Å². The van der Waals surface area contributed by atoms with Gasteiger partial charge in [-0.3, -0.25) is 4.39 Å². The van der Waals surface area contributed by atoms with Crippen molar-refractivity contribution in [3.63, 3.8) is 0 Å². The fourth-order valence-electron chi connectivity index (χ4n) is 0.498. The predicted molar refractivity (Wildman–Crippen MR) is 44.0 cm³/mol. The molecule has 0 atom stereocenters. The molecule has 1 aromatic carbocycles. The minimum atomic E-state index is -0.243. The van der Waals surface area contributed by atoms with E-state index in [2.05, 4.69) is 6.92 Å². The fourth-order valence-corrected chi connectivity index (χ4v) is 0.498. The van der Waals surface area contributed by atoms with E-state index in [9.17, 15) is 4.39 Å². The molecule has 11 heavy (non-hydrogen) atoms. The standard InChI is InChI=1S/C7H6F.2ClH.Zn/c1-6-4-2-3-5-7(6)8;;;/h2-5H,1H2;2*1H;/q-1;;;+2/p-1. The summed E-state index contributed by atoms with van der Waals surface area (Å²) in [5.41, 5.74) is 0.451. The molecule has 0 unspecified atom stereocenters. The molecule has 0 bridgehead atoms. The Balaban J connectivity index is 0. The van der Waals surface area contributed by atoms with Gasteiger partial charge in [0.05, 0.1) is 0 Å². The van der Waals surface area contributed by atoms with E-state index in [1.165, 1.54) is 6.07 Å². The van der Waals surface area contributed by atoms with Crippen LogP contribution in [0.1, 0.15) is 5.56 Å². The van der Waals surface area contributed by atoms with Gasteiger partial charge in [-0.15, -0.1) is 18.5 Å². The van der Waals surface area contributed by atoms with E-state index in [0.717, 1.165) is 17.3 Å². The molecule has 0 spiro atoms. The maximum absolute atomic E-state index is 12.3. The third-order valence-corrected chi connectivity index (χ3v) is 0.958. The van der Waals surface area contributed by atoms with E-state index in [4.69, 9.17) is 9.69 Å². The number of hydrogen-bond donors (Lipinski definition) is 0. The quantitative estimate of drug-likeness (QED) is 0.487. The molecular weight excluding hydrogens is 239 g/mol. The van der Waals surface area contributed by atoms with Gasteiger partial charge in [0.25, 0.3) is 0 Å². The van der Waals surface area contributed by atoms with Crippen LogP contribution in [-0.2, 0) is 17.3 Å². The first-order chi connectivity index (χ1) is 4.80. The zero-order valence-corrected chi connectivity index (χ0v) is 10.4. The van der Waals surface area contributed by atoms with Gasteiger partial charge in [0.2, 0.25) is 0 Å². The summed E-state index contributed by atoms with van der Waals surface area (Å²) in [6, 6.07) is 6.42. The molecule has 0 aliphatic carbocycles. The first kappa shape index (κ1) is 13.8. The third kappa shape index (κ3) is 5.49. The van der Waals surface area contributed by atoms with Crippen LogP contribution in [0, 0.1) is 12.7 Å². The maximum atomic E-state index is 12.3.